The van der Waals surface area contributed by atoms with Crippen molar-refractivity contribution >= 4 is 5.91 Å². The van der Waals surface area contributed by atoms with Crippen molar-refractivity contribution in [2.45, 2.75) is 26.8 Å². The first-order valence-electron chi connectivity index (χ1n) is 8.06. The van der Waals surface area contributed by atoms with Crippen molar-refractivity contribution in [1.29, 1.82) is 0 Å². The molecule has 2 N–H and O–H groups in total. The third kappa shape index (κ3) is 4.03. The van der Waals surface area contributed by atoms with Gasteiger partial charge in [-0.2, -0.15) is 0 Å². The Kier molecular flexibility index (Phi) is 4.79. The number of nitrogens with one attached hydrogen (secondary N) is 1. The van der Waals surface area contributed by atoms with E-state index >= 15 is 0 Å². The number of carbonyl (C=O) groups is 1. The molecule has 6 nitrogen and oxygen atoms in total. The average Bonchev–Trinajstić information content (AvgIpc) is 2.96. The van der Waals surface area contributed by atoms with Crippen molar-refractivity contribution in [3.8, 4) is 11.4 Å². The quantitative estimate of drug-likeness (QED) is 0.750. The van der Waals surface area contributed by atoms with E-state index in [4.69, 9.17) is 0 Å². The number of amides is 1. The van der Waals surface area contributed by atoms with Crippen LogP contribution in [-0.2, 0) is 17.8 Å². The second kappa shape index (κ2) is 7.17. The van der Waals surface area contributed by atoms with Gasteiger partial charge in [0.25, 0.3) is 0 Å². The summed E-state index contributed by atoms with van der Waals surface area (Å²) in [5.41, 5.74) is 4.53. The van der Waals surface area contributed by atoms with E-state index in [1.165, 1.54) is 5.56 Å². The molecule has 6 heteroatoms. The Morgan fingerprint density at radius 2 is 1.76 bits per heavy atom. The summed E-state index contributed by atoms with van der Waals surface area (Å²) in [5.74, 6) is 0.0885. The Labute approximate surface area is 146 Å². The van der Waals surface area contributed by atoms with Crippen LogP contribution in [-0.4, -0.2) is 26.0 Å². The molecule has 0 saturated heterocycles. The molecule has 0 fully saturated rings. The number of aromatic hydroxyl groups is 1. The van der Waals surface area contributed by atoms with Gasteiger partial charge in [0.2, 0.25) is 5.91 Å². The maximum absolute atomic E-state index is 12.2. The number of phenolic OH excluding ortho intramolecular Hbond substituents is 1. The predicted octanol–water partition coefficient (Wildman–Crippen LogP) is 2.45. The van der Waals surface area contributed by atoms with Crippen molar-refractivity contribution in [2.24, 2.45) is 0 Å². The van der Waals surface area contributed by atoms with Crippen molar-refractivity contribution in [1.82, 2.24) is 20.3 Å². The molecular formula is C19H20N4O2. The van der Waals surface area contributed by atoms with Gasteiger partial charge in [-0.05, 0) is 43.7 Å². The zero-order valence-corrected chi connectivity index (χ0v) is 14.2. The first-order valence-corrected chi connectivity index (χ1v) is 8.06. The fourth-order valence-electron chi connectivity index (χ4n) is 2.48. The number of carbonyl (C=O) groups excluding carboxylic acids is 1. The molecule has 0 radical (unpaired) electrons. The van der Waals surface area contributed by atoms with Gasteiger partial charge in [-0.1, -0.05) is 35.0 Å². The van der Waals surface area contributed by atoms with E-state index in [2.05, 4.69) is 15.6 Å². The topological polar surface area (TPSA) is 80.0 Å². The molecule has 25 heavy (non-hydrogen) atoms. The lowest BCUT2D eigenvalue weighted by molar-refractivity contribution is -0.120. The van der Waals surface area contributed by atoms with Crippen LogP contribution >= 0.6 is 0 Å². The summed E-state index contributed by atoms with van der Waals surface area (Å²) >= 11 is 0. The van der Waals surface area contributed by atoms with Crippen LogP contribution in [0.15, 0.2) is 48.5 Å². The Bertz CT molecular complexity index is 867. The summed E-state index contributed by atoms with van der Waals surface area (Å²) in [4.78, 5) is 12.2. The summed E-state index contributed by atoms with van der Waals surface area (Å²) in [6, 6.07) is 14.7. The third-order valence-electron chi connectivity index (χ3n) is 4.02. The van der Waals surface area contributed by atoms with Crippen LogP contribution in [0.25, 0.3) is 5.69 Å². The van der Waals surface area contributed by atoms with E-state index < -0.39 is 0 Å². The normalized spacial score (nSPS) is 10.6. The molecule has 128 valence electrons. The van der Waals surface area contributed by atoms with E-state index in [-0.39, 0.29) is 18.1 Å². The Morgan fingerprint density at radius 3 is 2.44 bits per heavy atom. The largest absolute Gasteiger partial charge is 0.508 e. The third-order valence-corrected chi connectivity index (χ3v) is 4.02. The first kappa shape index (κ1) is 16.7. The molecule has 0 bridgehead atoms. The molecule has 0 aliphatic carbocycles. The monoisotopic (exact) mass is 336 g/mol. The number of phenols is 1. The van der Waals surface area contributed by atoms with Gasteiger partial charge in [-0.25, -0.2) is 4.68 Å². The lowest BCUT2D eigenvalue weighted by Crippen LogP contribution is -2.25. The summed E-state index contributed by atoms with van der Waals surface area (Å²) in [5, 5.41) is 20.4. The predicted molar refractivity (Wildman–Crippen MR) is 94.5 cm³/mol. The SMILES string of the molecule is Cc1ccc(-n2nnc(CC(=O)NCc3ccc(O)cc3)c2C)cc1. The Balaban J connectivity index is 1.63. The molecule has 3 rings (SSSR count). The van der Waals surface area contributed by atoms with E-state index in [0.717, 1.165) is 16.9 Å². The van der Waals surface area contributed by atoms with Crippen LogP contribution in [0.3, 0.4) is 0 Å². The van der Waals surface area contributed by atoms with Gasteiger partial charge in [0, 0.05) is 6.54 Å². The number of aromatic nitrogens is 3. The fraction of sp³-hybridized carbons (Fsp3) is 0.211. The molecule has 3 aromatic rings. The Hall–Kier alpha value is -3.15. The van der Waals surface area contributed by atoms with Gasteiger partial charge >= 0.3 is 0 Å². The highest BCUT2D eigenvalue weighted by Gasteiger charge is 2.13. The highest BCUT2D eigenvalue weighted by atomic mass is 16.3. The number of hydrogen-bond donors (Lipinski definition) is 2. The molecule has 1 heterocycles. The highest BCUT2D eigenvalue weighted by molar-refractivity contribution is 5.78. The number of hydrogen-bond acceptors (Lipinski definition) is 4. The first-order chi connectivity index (χ1) is 12.0. The summed E-state index contributed by atoms with van der Waals surface area (Å²) in [6.45, 7) is 4.34. The van der Waals surface area contributed by atoms with E-state index in [9.17, 15) is 9.90 Å². The molecule has 1 aromatic heterocycles. The van der Waals surface area contributed by atoms with Crippen LogP contribution in [0.5, 0.6) is 5.75 Å². The van der Waals surface area contributed by atoms with E-state index in [1.807, 2.05) is 38.1 Å². The minimum Gasteiger partial charge on any atom is -0.508 e. The lowest BCUT2D eigenvalue weighted by Gasteiger charge is -2.06. The Morgan fingerprint density at radius 1 is 1.08 bits per heavy atom. The van der Waals surface area contributed by atoms with Crippen molar-refractivity contribution < 1.29 is 9.90 Å². The number of benzene rings is 2. The molecule has 0 spiro atoms. The average molecular weight is 336 g/mol. The maximum atomic E-state index is 12.2. The van der Waals surface area contributed by atoms with Crippen LogP contribution in [0.2, 0.25) is 0 Å². The smallest absolute Gasteiger partial charge is 0.226 e. The van der Waals surface area contributed by atoms with Crippen molar-refractivity contribution in [3.05, 3.63) is 71.0 Å². The second-order valence-electron chi connectivity index (χ2n) is 5.99. The highest BCUT2D eigenvalue weighted by Crippen LogP contribution is 2.14. The molecule has 2 aromatic carbocycles. The lowest BCUT2D eigenvalue weighted by atomic mass is 10.2. The zero-order valence-electron chi connectivity index (χ0n) is 14.2. The molecule has 0 atom stereocenters. The summed E-state index contributed by atoms with van der Waals surface area (Å²) in [7, 11) is 0. The fourth-order valence-corrected chi connectivity index (χ4v) is 2.48. The standard InChI is InChI=1S/C19H20N4O2/c1-13-3-7-16(8-4-13)23-14(2)18(21-22-23)11-19(25)20-12-15-5-9-17(24)10-6-15/h3-10,24H,11-12H2,1-2H3,(H,20,25). The second-order valence-corrected chi connectivity index (χ2v) is 5.99. The molecule has 1 amide bonds. The van der Waals surface area contributed by atoms with Crippen LogP contribution in [0.1, 0.15) is 22.5 Å². The van der Waals surface area contributed by atoms with E-state index in [0.29, 0.717) is 12.2 Å². The molecular weight excluding hydrogens is 316 g/mol. The van der Waals surface area contributed by atoms with Crippen molar-refractivity contribution in [3.63, 3.8) is 0 Å². The maximum Gasteiger partial charge on any atom is 0.226 e. The number of aryl methyl sites for hydroxylation is 1. The van der Waals surface area contributed by atoms with Crippen LogP contribution < -0.4 is 5.32 Å². The molecule has 0 aliphatic rings. The van der Waals surface area contributed by atoms with Crippen LogP contribution in [0, 0.1) is 13.8 Å². The van der Waals surface area contributed by atoms with Gasteiger partial charge in [0.05, 0.1) is 23.5 Å². The summed E-state index contributed by atoms with van der Waals surface area (Å²) < 4.78 is 1.74. The van der Waals surface area contributed by atoms with Gasteiger partial charge in [-0.3, -0.25) is 4.79 Å². The van der Waals surface area contributed by atoms with Crippen molar-refractivity contribution in [2.75, 3.05) is 0 Å². The van der Waals surface area contributed by atoms with E-state index in [1.54, 1.807) is 28.9 Å². The minimum atomic E-state index is -0.118. The van der Waals surface area contributed by atoms with Gasteiger partial charge in [0.1, 0.15) is 5.75 Å². The molecule has 0 unspecified atom stereocenters. The molecule has 0 saturated carbocycles. The van der Waals surface area contributed by atoms with Gasteiger partial charge < -0.3 is 10.4 Å². The van der Waals surface area contributed by atoms with Gasteiger partial charge in [0.15, 0.2) is 0 Å². The molecule has 0 aliphatic heterocycles. The summed E-state index contributed by atoms with van der Waals surface area (Å²) in [6.07, 6.45) is 0.176. The number of nitrogens with zero attached hydrogens (tertiary/aromatic N) is 3. The van der Waals surface area contributed by atoms with Gasteiger partial charge in [-0.15, -0.1) is 5.10 Å². The van der Waals surface area contributed by atoms with Crippen LogP contribution in [0.4, 0.5) is 0 Å². The number of rotatable bonds is 5. The minimum absolute atomic E-state index is 0.118. The zero-order chi connectivity index (χ0) is 17.8.